The van der Waals surface area contributed by atoms with Crippen molar-refractivity contribution in [2.75, 3.05) is 5.32 Å². The van der Waals surface area contributed by atoms with E-state index >= 15 is 8.78 Å². The van der Waals surface area contributed by atoms with Crippen LogP contribution in [0.1, 0.15) is 49.9 Å². The number of pyridine rings is 1. The number of nitrogens with zero attached hydrogens (tertiary/aromatic N) is 2. The second-order valence-electron chi connectivity index (χ2n) is 10.8. The molecule has 5 nitrogen and oxygen atoms in total. The third-order valence-electron chi connectivity index (χ3n) is 7.00. The number of aromatic nitrogens is 1. The summed E-state index contributed by atoms with van der Waals surface area (Å²) < 4.78 is 31.3. The molecule has 1 amide bonds. The lowest BCUT2D eigenvalue weighted by molar-refractivity contribution is -0.118. The molecular formula is C29H28Cl2F2N4O. The Balaban J connectivity index is 1.98. The van der Waals surface area contributed by atoms with E-state index in [4.69, 9.17) is 23.2 Å². The number of halogens is 4. The first-order chi connectivity index (χ1) is 17.9. The number of benzene rings is 2. The summed E-state index contributed by atoms with van der Waals surface area (Å²) in [6.07, 6.45) is 1.99. The minimum absolute atomic E-state index is 0.0309. The molecule has 1 aliphatic rings. The van der Waals surface area contributed by atoms with Gasteiger partial charge in [-0.3, -0.25) is 9.78 Å². The highest BCUT2D eigenvalue weighted by atomic mass is 35.5. The maximum Gasteiger partial charge on any atom is 0.242 e. The van der Waals surface area contributed by atoms with Crippen molar-refractivity contribution >= 4 is 34.8 Å². The van der Waals surface area contributed by atoms with Crippen molar-refractivity contribution in [3.8, 4) is 6.07 Å². The van der Waals surface area contributed by atoms with Crippen LogP contribution >= 0.6 is 23.2 Å². The van der Waals surface area contributed by atoms with Crippen LogP contribution in [-0.4, -0.2) is 23.0 Å². The van der Waals surface area contributed by atoms with Gasteiger partial charge in [-0.15, -0.1) is 0 Å². The van der Waals surface area contributed by atoms with Crippen molar-refractivity contribution in [3.63, 3.8) is 0 Å². The van der Waals surface area contributed by atoms with Crippen LogP contribution in [0.3, 0.4) is 0 Å². The van der Waals surface area contributed by atoms with Crippen LogP contribution in [0.4, 0.5) is 14.5 Å². The summed E-state index contributed by atoms with van der Waals surface area (Å²) >= 11 is 12.2. The largest absolute Gasteiger partial charge is 0.323 e. The van der Waals surface area contributed by atoms with Crippen molar-refractivity contribution in [1.82, 2.24) is 10.3 Å². The molecule has 0 saturated carbocycles. The molecule has 0 unspecified atom stereocenters. The summed E-state index contributed by atoms with van der Waals surface area (Å²) in [6.45, 7) is 7.69. The molecule has 1 saturated heterocycles. The zero-order valence-electron chi connectivity index (χ0n) is 21.4. The van der Waals surface area contributed by atoms with Gasteiger partial charge in [0, 0.05) is 28.7 Å². The van der Waals surface area contributed by atoms with Crippen LogP contribution in [0, 0.1) is 35.3 Å². The van der Waals surface area contributed by atoms with E-state index in [0.29, 0.717) is 17.8 Å². The molecule has 4 rings (SSSR count). The molecule has 3 aromatic rings. The molecule has 0 bridgehead atoms. The third-order valence-corrected chi connectivity index (χ3v) is 7.52. The molecule has 1 aliphatic heterocycles. The lowest BCUT2D eigenvalue weighted by Crippen LogP contribution is -2.45. The second kappa shape index (κ2) is 10.6. The zero-order valence-corrected chi connectivity index (χ0v) is 23.0. The van der Waals surface area contributed by atoms with Crippen LogP contribution in [0.15, 0.2) is 54.7 Å². The number of amides is 1. The highest BCUT2D eigenvalue weighted by molar-refractivity contribution is 6.31. The van der Waals surface area contributed by atoms with Crippen molar-refractivity contribution in [3.05, 3.63) is 93.2 Å². The Hall–Kier alpha value is -3.05. The molecule has 4 atom stereocenters. The van der Waals surface area contributed by atoms with E-state index in [1.165, 1.54) is 24.3 Å². The van der Waals surface area contributed by atoms with Gasteiger partial charge in [0.15, 0.2) is 0 Å². The predicted molar refractivity (Wildman–Crippen MR) is 145 cm³/mol. The number of nitrogens with one attached hydrogen (secondary N) is 2. The van der Waals surface area contributed by atoms with E-state index in [0.717, 1.165) is 6.07 Å². The number of nitriles is 1. The minimum atomic E-state index is -1.68. The van der Waals surface area contributed by atoms with Gasteiger partial charge in [0.05, 0.1) is 28.5 Å². The van der Waals surface area contributed by atoms with E-state index in [1.807, 2.05) is 20.8 Å². The highest BCUT2D eigenvalue weighted by Gasteiger charge is 2.61. The molecule has 2 aromatic carbocycles. The first-order valence-corrected chi connectivity index (χ1v) is 12.9. The van der Waals surface area contributed by atoms with Gasteiger partial charge in [0.2, 0.25) is 5.91 Å². The Morgan fingerprint density at radius 2 is 1.92 bits per heavy atom. The maximum atomic E-state index is 15.7. The van der Waals surface area contributed by atoms with Gasteiger partial charge in [0.1, 0.15) is 17.0 Å². The monoisotopic (exact) mass is 556 g/mol. The van der Waals surface area contributed by atoms with Crippen molar-refractivity contribution in [1.29, 1.82) is 5.26 Å². The fourth-order valence-electron chi connectivity index (χ4n) is 5.38. The zero-order chi connectivity index (χ0) is 27.8. The van der Waals surface area contributed by atoms with Crippen LogP contribution in [0.5, 0.6) is 0 Å². The van der Waals surface area contributed by atoms with E-state index < -0.39 is 41.0 Å². The van der Waals surface area contributed by atoms with E-state index in [2.05, 4.69) is 21.7 Å². The summed E-state index contributed by atoms with van der Waals surface area (Å²) in [7, 11) is 0. The smallest absolute Gasteiger partial charge is 0.242 e. The van der Waals surface area contributed by atoms with E-state index in [1.54, 1.807) is 31.3 Å². The molecule has 2 N–H and O–H groups in total. The second-order valence-corrected chi connectivity index (χ2v) is 11.7. The summed E-state index contributed by atoms with van der Waals surface area (Å²) in [4.78, 5) is 18.1. The molecular weight excluding hydrogens is 529 g/mol. The average Bonchev–Trinajstić information content (AvgIpc) is 3.15. The first-order valence-electron chi connectivity index (χ1n) is 12.2. The molecule has 38 heavy (non-hydrogen) atoms. The lowest BCUT2D eigenvalue weighted by Gasteiger charge is -2.37. The number of carbonyl (C=O) groups is 1. The topological polar surface area (TPSA) is 77.8 Å². The van der Waals surface area contributed by atoms with Gasteiger partial charge < -0.3 is 10.6 Å². The number of rotatable bonds is 5. The fraction of sp³-hybridized carbons (Fsp3) is 0.345. The van der Waals surface area contributed by atoms with Gasteiger partial charge >= 0.3 is 0 Å². The number of aryl methyl sites for hydroxylation is 1. The molecule has 198 valence electrons. The van der Waals surface area contributed by atoms with E-state index in [-0.39, 0.29) is 26.6 Å². The normalized spacial score (nSPS) is 23.2. The Morgan fingerprint density at radius 3 is 2.55 bits per heavy atom. The number of carbonyl (C=O) groups excluding carboxylic acids is 1. The van der Waals surface area contributed by atoms with Crippen molar-refractivity contribution in [2.24, 2.45) is 5.41 Å². The van der Waals surface area contributed by atoms with Gasteiger partial charge in [0.25, 0.3) is 0 Å². The summed E-state index contributed by atoms with van der Waals surface area (Å²) in [5.74, 6) is -3.11. The third kappa shape index (κ3) is 5.13. The molecule has 0 radical (unpaired) electrons. The van der Waals surface area contributed by atoms with Crippen LogP contribution in [0.25, 0.3) is 0 Å². The van der Waals surface area contributed by atoms with Gasteiger partial charge in [-0.25, -0.2) is 8.78 Å². The summed E-state index contributed by atoms with van der Waals surface area (Å²) in [5, 5.41) is 17.0. The van der Waals surface area contributed by atoms with Crippen LogP contribution in [-0.2, 0) is 10.2 Å². The van der Waals surface area contributed by atoms with E-state index in [9.17, 15) is 10.1 Å². The molecule has 1 aromatic heterocycles. The Kier molecular flexibility index (Phi) is 7.81. The molecule has 0 aliphatic carbocycles. The predicted octanol–water partition coefficient (Wildman–Crippen LogP) is 6.94. The molecule has 1 fully saturated rings. The van der Waals surface area contributed by atoms with Gasteiger partial charge in [-0.2, -0.15) is 5.26 Å². The quantitative estimate of drug-likeness (QED) is 0.357. The average molecular weight is 557 g/mol. The number of anilines is 1. The maximum absolute atomic E-state index is 15.7. The van der Waals surface area contributed by atoms with Crippen LogP contribution in [0.2, 0.25) is 10.0 Å². The summed E-state index contributed by atoms with van der Waals surface area (Å²) in [5.41, 5.74) is -0.871. The van der Waals surface area contributed by atoms with Gasteiger partial charge in [-0.1, -0.05) is 62.2 Å². The van der Waals surface area contributed by atoms with Gasteiger partial charge in [-0.05, 0) is 54.7 Å². The molecule has 9 heteroatoms. The van der Waals surface area contributed by atoms with Crippen molar-refractivity contribution < 1.29 is 13.6 Å². The highest BCUT2D eigenvalue weighted by Crippen LogP contribution is 2.52. The SMILES string of the molecule is Cc1ncccc1NC(=O)[C@@H]1N[C@@H](CC(C)(C)C)[C@](C#N)(c2ccc(Cl)cc2F)[C@H]1c1cccc(Cl)c1F. The summed E-state index contributed by atoms with van der Waals surface area (Å²) in [6, 6.07) is 12.4. The standard InChI is InChI=1S/C29H28Cl2F2N4O/c1-16-22(9-6-12-35-16)36-27(38)26-24(18-7-5-8-20(31)25(18)33)29(15-34,23(37-26)14-28(2,3)4)19-11-10-17(30)13-21(19)32/h5-13,23-24,26,37H,14H2,1-4H3,(H,36,38)/t23-,24-,26+,29-/m0/s1. The minimum Gasteiger partial charge on any atom is -0.323 e. The van der Waals surface area contributed by atoms with Crippen molar-refractivity contribution in [2.45, 2.75) is 57.5 Å². The lowest BCUT2D eigenvalue weighted by atomic mass is 9.62. The Morgan fingerprint density at radius 1 is 1.18 bits per heavy atom. The number of hydrogen-bond acceptors (Lipinski definition) is 4. The fourth-order valence-corrected chi connectivity index (χ4v) is 5.72. The molecule has 2 heterocycles. The Labute approximate surface area is 231 Å². The first kappa shape index (κ1) is 28.0. The van der Waals surface area contributed by atoms with Crippen LogP contribution < -0.4 is 10.6 Å². The number of hydrogen-bond donors (Lipinski definition) is 2. The molecule has 0 spiro atoms. The Bertz CT molecular complexity index is 1420.